The summed E-state index contributed by atoms with van der Waals surface area (Å²) >= 11 is 0. The molecule has 11 heavy (non-hydrogen) atoms. The second-order valence-electron chi connectivity index (χ2n) is 1.35. The standard InChI is InChI=1S/C4H8N4O2.Na/c5-7-3(9)1-2-4(10)8-6;/h1-2H,5-6H2,(H,7,9)(H,8,10);/q;+1/b2-1-;. The number of hydrazine groups is 2. The summed E-state index contributed by atoms with van der Waals surface area (Å²) in [7, 11) is 0. The van der Waals surface area contributed by atoms with Crippen molar-refractivity contribution < 1.29 is 39.1 Å². The predicted molar refractivity (Wildman–Crippen MR) is 33.8 cm³/mol. The molecule has 6 N–H and O–H groups in total. The Morgan fingerprint density at radius 3 is 1.45 bits per heavy atom. The number of hydrogen-bond donors (Lipinski definition) is 4. The molecule has 0 aromatic carbocycles. The fourth-order valence-electron chi connectivity index (χ4n) is 0.248. The monoisotopic (exact) mass is 167 g/mol. The zero-order chi connectivity index (χ0) is 7.98. The van der Waals surface area contributed by atoms with E-state index < -0.39 is 11.8 Å². The van der Waals surface area contributed by atoms with Gasteiger partial charge in [0.25, 0.3) is 11.8 Å². The average molecular weight is 167 g/mol. The molecule has 0 spiro atoms. The van der Waals surface area contributed by atoms with Gasteiger partial charge in [-0.2, -0.15) is 0 Å². The summed E-state index contributed by atoms with van der Waals surface area (Å²) in [4.78, 5) is 20.6. The third-order valence-corrected chi connectivity index (χ3v) is 0.671. The summed E-state index contributed by atoms with van der Waals surface area (Å²) in [6.45, 7) is 0. The Hall–Kier alpha value is -0.400. The molecule has 0 heterocycles. The quantitative estimate of drug-likeness (QED) is 0.108. The van der Waals surface area contributed by atoms with Gasteiger partial charge in [-0.1, -0.05) is 0 Å². The van der Waals surface area contributed by atoms with Gasteiger partial charge < -0.3 is 0 Å². The minimum atomic E-state index is -0.566. The van der Waals surface area contributed by atoms with Crippen LogP contribution < -0.4 is 52.1 Å². The summed E-state index contributed by atoms with van der Waals surface area (Å²) < 4.78 is 0. The molecule has 0 atom stereocenters. The third-order valence-electron chi connectivity index (χ3n) is 0.671. The van der Waals surface area contributed by atoms with Crippen LogP contribution in [0.1, 0.15) is 0 Å². The van der Waals surface area contributed by atoms with Gasteiger partial charge in [-0.05, 0) is 0 Å². The van der Waals surface area contributed by atoms with Crippen LogP contribution in [0.4, 0.5) is 0 Å². The molecule has 56 valence electrons. The molecule has 0 aliphatic carbocycles. The molecular formula is C4H8N4NaO2+. The fraction of sp³-hybridized carbons (Fsp3) is 0. The SMILES string of the molecule is NNC(=O)/C=C\C(=O)NN.[Na+]. The second kappa shape index (κ2) is 7.70. The Balaban J connectivity index is 0. The number of carbonyl (C=O) groups is 2. The third kappa shape index (κ3) is 7.50. The van der Waals surface area contributed by atoms with Crippen molar-refractivity contribution in [2.24, 2.45) is 11.7 Å². The van der Waals surface area contributed by atoms with Gasteiger partial charge in [0.2, 0.25) is 0 Å². The van der Waals surface area contributed by atoms with E-state index in [0.717, 1.165) is 12.2 Å². The van der Waals surface area contributed by atoms with E-state index in [2.05, 4.69) is 11.7 Å². The Kier molecular flexibility index (Phi) is 9.25. The van der Waals surface area contributed by atoms with Crippen LogP contribution in [0.3, 0.4) is 0 Å². The van der Waals surface area contributed by atoms with E-state index in [9.17, 15) is 9.59 Å². The second-order valence-corrected chi connectivity index (χ2v) is 1.35. The molecule has 7 heteroatoms. The van der Waals surface area contributed by atoms with Crippen molar-refractivity contribution in [3.8, 4) is 0 Å². The maximum atomic E-state index is 10.3. The van der Waals surface area contributed by atoms with Crippen LogP contribution in [-0.4, -0.2) is 11.8 Å². The van der Waals surface area contributed by atoms with Crippen molar-refractivity contribution in [2.75, 3.05) is 0 Å². The molecule has 0 radical (unpaired) electrons. The van der Waals surface area contributed by atoms with Crippen LogP contribution in [-0.2, 0) is 9.59 Å². The number of nitrogens with one attached hydrogen (secondary N) is 2. The predicted octanol–water partition coefficient (Wildman–Crippen LogP) is -5.47. The zero-order valence-corrected chi connectivity index (χ0v) is 8.13. The summed E-state index contributed by atoms with van der Waals surface area (Å²) in [6.07, 6.45) is 1.92. The van der Waals surface area contributed by atoms with Crippen LogP contribution in [0.15, 0.2) is 12.2 Å². The molecule has 0 saturated heterocycles. The van der Waals surface area contributed by atoms with Crippen LogP contribution in [0.5, 0.6) is 0 Å². The fourth-order valence-corrected chi connectivity index (χ4v) is 0.248. The van der Waals surface area contributed by atoms with E-state index >= 15 is 0 Å². The van der Waals surface area contributed by atoms with E-state index in [0.29, 0.717) is 0 Å². The Morgan fingerprint density at radius 2 is 1.27 bits per heavy atom. The van der Waals surface area contributed by atoms with Gasteiger partial charge in [0.05, 0.1) is 0 Å². The number of rotatable bonds is 2. The first-order valence-electron chi connectivity index (χ1n) is 2.40. The molecule has 0 fully saturated rings. The van der Waals surface area contributed by atoms with E-state index in [1.54, 1.807) is 10.9 Å². The smallest absolute Gasteiger partial charge is 0.291 e. The van der Waals surface area contributed by atoms with Crippen molar-refractivity contribution >= 4 is 11.8 Å². The van der Waals surface area contributed by atoms with Gasteiger partial charge >= 0.3 is 29.6 Å². The van der Waals surface area contributed by atoms with Crippen LogP contribution in [0.2, 0.25) is 0 Å². The van der Waals surface area contributed by atoms with Crippen molar-refractivity contribution in [3.63, 3.8) is 0 Å². The van der Waals surface area contributed by atoms with Crippen molar-refractivity contribution in [2.45, 2.75) is 0 Å². The summed E-state index contributed by atoms with van der Waals surface area (Å²) in [5.41, 5.74) is 3.60. The Labute approximate surface area is 85.6 Å². The van der Waals surface area contributed by atoms with Gasteiger partial charge in [0.1, 0.15) is 0 Å². The zero-order valence-electron chi connectivity index (χ0n) is 6.13. The molecule has 2 amide bonds. The van der Waals surface area contributed by atoms with Gasteiger partial charge in [0, 0.05) is 12.2 Å². The molecule has 0 unspecified atom stereocenters. The summed E-state index contributed by atoms with van der Waals surface area (Å²) in [5.74, 6) is 8.24. The normalized spacial score (nSPS) is 8.55. The molecule has 0 rings (SSSR count). The van der Waals surface area contributed by atoms with Gasteiger partial charge in [-0.25, -0.2) is 11.7 Å². The topological polar surface area (TPSA) is 110 Å². The van der Waals surface area contributed by atoms with Crippen molar-refractivity contribution in [1.29, 1.82) is 0 Å². The molecule has 0 bridgehead atoms. The molecule has 0 aromatic heterocycles. The first-order chi connectivity index (χ1) is 4.70. The van der Waals surface area contributed by atoms with Gasteiger partial charge in [-0.15, -0.1) is 0 Å². The minimum absolute atomic E-state index is 0. The van der Waals surface area contributed by atoms with Crippen LogP contribution >= 0.6 is 0 Å². The first-order valence-corrected chi connectivity index (χ1v) is 2.40. The molecule has 0 aliphatic rings. The summed E-state index contributed by atoms with van der Waals surface area (Å²) in [5, 5.41) is 0. The maximum Gasteiger partial charge on any atom is 1.00 e. The Bertz CT molecular complexity index is 151. The van der Waals surface area contributed by atoms with Crippen molar-refractivity contribution in [3.05, 3.63) is 12.2 Å². The van der Waals surface area contributed by atoms with Gasteiger partial charge in [-0.3, -0.25) is 20.4 Å². The van der Waals surface area contributed by atoms with Crippen molar-refractivity contribution in [1.82, 2.24) is 10.9 Å². The maximum absolute atomic E-state index is 10.3. The summed E-state index contributed by atoms with van der Waals surface area (Å²) in [6, 6.07) is 0. The largest absolute Gasteiger partial charge is 1.00 e. The number of carbonyl (C=O) groups excluding carboxylic acids is 2. The Morgan fingerprint density at radius 1 is 1.00 bits per heavy atom. The molecule has 0 aliphatic heterocycles. The molecule has 0 aromatic rings. The minimum Gasteiger partial charge on any atom is -0.291 e. The molecule has 0 saturated carbocycles. The number of amides is 2. The van der Waals surface area contributed by atoms with Crippen LogP contribution in [0, 0.1) is 0 Å². The van der Waals surface area contributed by atoms with E-state index in [1.807, 2.05) is 0 Å². The number of nitrogens with two attached hydrogens (primary N) is 2. The molecule has 6 nitrogen and oxygen atoms in total. The van der Waals surface area contributed by atoms with E-state index in [4.69, 9.17) is 0 Å². The first kappa shape index (κ1) is 13.2. The van der Waals surface area contributed by atoms with Crippen LogP contribution in [0.25, 0.3) is 0 Å². The van der Waals surface area contributed by atoms with E-state index in [-0.39, 0.29) is 29.6 Å². The van der Waals surface area contributed by atoms with E-state index in [1.165, 1.54) is 0 Å². The average Bonchev–Trinajstić information content (AvgIpc) is 1.99. The number of hydrogen-bond acceptors (Lipinski definition) is 4. The molecular weight excluding hydrogens is 159 g/mol. The van der Waals surface area contributed by atoms with Gasteiger partial charge in [0.15, 0.2) is 0 Å².